The van der Waals surface area contributed by atoms with Crippen LogP contribution in [0, 0.1) is 0 Å². The molecule has 0 spiro atoms. The number of aryl methyl sites for hydroxylation is 1. The van der Waals surface area contributed by atoms with E-state index in [0.717, 1.165) is 31.6 Å². The summed E-state index contributed by atoms with van der Waals surface area (Å²) >= 11 is 0. The minimum Gasteiger partial charge on any atom is -0.324 e. The third-order valence-corrected chi connectivity index (χ3v) is 4.27. The molecule has 1 aromatic heterocycles. The highest BCUT2D eigenvalue weighted by molar-refractivity contribution is 5.77. The number of piperidine rings is 1. The maximum atomic E-state index is 4.95. The number of fused-ring (bicyclic) bond motifs is 1. The zero-order chi connectivity index (χ0) is 13.9. The van der Waals surface area contributed by atoms with Gasteiger partial charge in [0.1, 0.15) is 5.82 Å². The Morgan fingerprint density at radius 3 is 2.90 bits per heavy atom. The topological polar surface area (TPSA) is 29.9 Å². The maximum absolute atomic E-state index is 4.95. The SMILES string of the molecule is C=CCn1c(C2CCNCC2)nc2cc(CC)ccc21. The van der Waals surface area contributed by atoms with Crippen LogP contribution in [0.25, 0.3) is 11.0 Å². The normalized spacial score (nSPS) is 16.6. The lowest BCUT2D eigenvalue weighted by atomic mass is 9.97. The molecule has 0 atom stereocenters. The number of hydrogen-bond acceptors (Lipinski definition) is 2. The summed E-state index contributed by atoms with van der Waals surface area (Å²) in [6.07, 6.45) is 5.40. The monoisotopic (exact) mass is 269 g/mol. The van der Waals surface area contributed by atoms with Gasteiger partial charge in [0.05, 0.1) is 11.0 Å². The molecule has 20 heavy (non-hydrogen) atoms. The second kappa shape index (κ2) is 5.80. The van der Waals surface area contributed by atoms with E-state index in [1.165, 1.54) is 29.7 Å². The molecule has 0 unspecified atom stereocenters. The minimum absolute atomic E-state index is 0.577. The Morgan fingerprint density at radius 2 is 2.20 bits per heavy atom. The van der Waals surface area contributed by atoms with Crippen molar-refractivity contribution < 1.29 is 0 Å². The molecule has 1 fully saturated rings. The molecule has 1 aliphatic heterocycles. The van der Waals surface area contributed by atoms with Crippen molar-refractivity contribution in [2.75, 3.05) is 13.1 Å². The molecular formula is C17H23N3. The molecule has 1 aliphatic rings. The second-order valence-electron chi connectivity index (χ2n) is 5.57. The molecule has 1 N–H and O–H groups in total. The number of imidazole rings is 1. The lowest BCUT2D eigenvalue weighted by molar-refractivity contribution is 0.436. The van der Waals surface area contributed by atoms with E-state index in [1.54, 1.807) is 0 Å². The molecule has 1 saturated heterocycles. The van der Waals surface area contributed by atoms with Crippen LogP contribution in [-0.2, 0) is 13.0 Å². The van der Waals surface area contributed by atoms with Gasteiger partial charge in [0.15, 0.2) is 0 Å². The third kappa shape index (κ3) is 2.38. The number of hydrogen-bond donors (Lipinski definition) is 1. The standard InChI is InChI=1S/C17H23N3/c1-3-11-20-16-6-5-13(4-2)12-15(16)19-17(20)14-7-9-18-10-8-14/h3,5-6,12,14,18H,1,4,7-11H2,2H3. The number of allylic oxidation sites excluding steroid dienone is 1. The van der Waals surface area contributed by atoms with E-state index in [1.807, 2.05) is 6.08 Å². The van der Waals surface area contributed by atoms with Crippen LogP contribution in [-0.4, -0.2) is 22.6 Å². The summed E-state index contributed by atoms with van der Waals surface area (Å²) in [5, 5.41) is 3.43. The summed E-state index contributed by atoms with van der Waals surface area (Å²) in [5.41, 5.74) is 3.74. The fraction of sp³-hybridized carbons (Fsp3) is 0.471. The van der Waals surface area contributed by atoms with Crippen molar-refractivity contribution in [2.24, 2.45) is 0 Å². The van der Waals surface area contributed by atoms with Gasteiger partial charge in [0.2, 0.25) is 0 Å². The van der Waals surface area contributed by atoms with Crippen LogP contribution in [0.1, 0.15) is 37.1 Å². The number of rotatable bonds is 4. The van der Waals surface area contributed by atoms with Crippen molar-refractivity contribution in [3.8, 4) is 0 Å². The number of benzene rings is 1. The van der Waals surface area contributed by atoms with Gasteiger partial charge < -0.3 is 9.88 Å². The van der Waals surface area contributed by atoms with Crippen molar-refractivity contribution >= 4 is 11.0 Å². The van der Waals surface area contributed by atoms with Gasteiger partial charge >= 0.3 is 0 Å². The van der Waals surface area contributed by atoms with Gasteiger partial charge in [-0.2, -0.15) is 0 Å². The molecule has 0 amide bonds. The van der Waals surface area contributed by atoms with Crippen molar-refractivity contribution in [3.05, 3.63) is 42.2 Å². The van der Waals surface area contributed by atoms with Gasteiger partial charge in [0.25, 0.3) is 0 Å². The molecular weight excluding hydrogens is 246 g/mol. The zero-order valence-electron chi connectivity index (χ0n) is 12.2. The Hall–Kier alpha value is -1.61. The first-order chi connectivity index (χ1) is 9.83. The fourth-order valence-electron chi connectivity index (χ4n) is 3.13. The summed E-state index contributed by atoms with van der Waals surface area (Å²) in [4.78, 5) is 4.95. The first-order valence-electron chi connectivity index (χ1n) is 7.64. The first-order valence-corrected chi connectivity index (χ1v) is 7.64. The number of aromatic nitrogens is 2. The highest BCUT2D eigenvalue weighted by Crippen LogP contribution is 2.28. The summed E-state index contributed by atoms with van der Waals surface area (Å²) in [7, 11) is 0. The number of nitrogens with zero attached hydrogens (tertiary/aromatic N) is 2. The highest BCUT2D eigenvalue weighted by Gasteiger charge is 2.21. The lowest BCUT2D eigenvalue weighted by Crippen LogP contribution is -2.28. The predicted molar refractivity (Wildman–Crippen MR) is 84.2 cm³/mol. The van der Waals surface area contributed by atoms with E-state index in [9.17, 15) is 0 Å². The van der Waals surface area contributed by atoms with E-state index in [4.69, 9.17) is 4.98 Å². The van der Waals surface area contributed by atoms with Crippen LogP contribution < -0.4 is 5.32 Å². The van der Waals surface area contributed by atoms with Gasteiger partial charge in [-0.15, -0.1) is 6.58 Å². The summed E-state index contributed by atoms with van der Waals surface area (Å²) in [6, 6.07) is 6.67. The van der Waals surface area contributed by atoms with Gasteiger partial charge in [-0.25, -0.2) is 4.98 Å². The predicted octanol–water partition coefficient (Wildman–Crippen LogP) is 3.25. The van der Waals surface area contributed by atoms with Crippen molar-refractivity contribution in [1.82, 2.24) is 14.9 Å². The van der Waals surface area contributed by atoms with Crippen LogP contribution in [0.15, 0.2) is 30.9 Å². The summed E-state index contributed by atoms with van der Waals surface area (Å²) in [5.74, 6) is 1.82. The Bertz CT molecular complexity index is 606. The number of nitrogens with one attached hydrogen (secondary N) is 1. The van der Waals surface area contributed by atoms with E-state index < -0.39 is 0 Å². The fourth-order valence-corrected chi connectivity index (χ4v) is 3.13. The quantitative estimate of drug-likeness (QED) is 0.863. The molecule has 106 valence electrons. The Kier molecular flexibility index (Phi) is 3.88. The molecule has 3 nitrogen and oxygen atoms in total. The smallest absolute Gasteiger partial charge is 0.113 e. The zero-order valence-corrected chi connectivity index (χ0v) is 12.2. The third-order valence-electron chi connectivity index (χ3n) is 4.27. The van der Waals surface area contributed by atoms with E-state index in [2.05, 4.69) is 41.6 Å². The first kappa shape index (κ1) is 13.4. The minimum atomic E-state index is 0.577. The average Bonchev–Trinajstić information content (AvgIpc) is 2.86. The van der Waals surface area contributed by atoms with Crippen LogP contribution in [0.2, 0.25) is 0 Å². The van der Waals surface area contributed by atoms with Crippen molar-refractivity contribution in [1.29, 1.82) is 0 Å². The van der Waals surface area contributed by atoms with Crippen LogP contribution in [0.4, 0.5) is 0 Å². The molecule has 2 aromatic rings. The van der Waals surface area contributed by atoms with E-state index >= 15 is 0 Å². The molecule has 3 rings (SSSR count). The highest BCUT2D eigenvalue weighted by atomic mass is 15.1. The molecule has 0 bridgehead atoms. The molecule has 0 radical (unpaired) electrons. The summed E-state index contributed by atoms with van der Waals surface area (Å²) < 4.78 is 2.34. The lowest BCUT2D eigenvalue weighted by Gasteiger charge is -2.22. The van der Waals surface area contributed by atoms with Gasteiger partial charge in [-0.3, -0.25) is 0 Å². The van der Waals surface area contributed by atoms with Crippen LogP contribution in [0.3, 0.4) is 0 Å². The van der Waals surface area contributed by atoms with Crippen molar-refractivity contribution in [3.63, 3.8) is 0 Å². The largest absolute Gasteiger partial charge is 0.324 e. The Labute approximate surface area is 120 Å². The summed E-state index contributed by atoms with van der Waals surface area (Å²) in [6.45, 7) is 9.14. The Balaban J connectivity index is 2.08. The van der Waals surface area contributed by atoms with Crippen LogP contribution >= 0.6 is 0 Å². The maximum Gasteiger partial charge on any atom is 0.113 e. The van der Waals surface area contributed by atoms with E-state index in [0.29, 0.717) is 5.92 Å². The van der Waals surface area contributed by atoms with Gasteiger partial charge in [-0.05, 0) is 50.0 Å². The molecule has 0 aliphatic carbocycles. The molecule has 0 saturated carbocycles. The molecule has 1 aromatic carbocycles. The van der Waals surface area contributed by atoms with Crippen molar-refractivity contribution in [2.45, 2.75) is 38.6 Å². The van der Waals surface area contributed by atoms with Gasteiger partial charge in [0, 0.05) is 12.5 Å². The second-order valence-corrected chi connectivity index (χ2v) is 5.57. The Morgan fingerprint density at radius 1 is 1.40 bits per heavy atom. The molecule has 2 heterocycles. The van der Waals surface area contributed by atoms with E-state index in [-0.39, 0.29) is 0 Å². The average molecular weight is 269 g/mol. The van der Waals surface area contributed by atoms with Gasteiger partial charge in [-0.1, -0.05) is 19.1 Å². The van der Waals surface area contributed by atoms with Crippen LogP contribution in [0.5, 0.6) is 0 Å². The molecule has 3 heteroatoms.